The number of halogens is 4. The van der Waals surface area contributed by atoms with E-state index in [1.54, 1.807) is 12.1 Å². The van der Waals surface area contributed by atoms with Crippen LogP contribution in [0.3, 0.4) is 0 Å². The van der Waals surface area contributed by atoms with E-state index < -0.39 is 10.9 Å². The molecule has 66 valence electrons. The Bertz CT molecular complexity index is 327. The Kier molecular flexibility index (Phi) is 3.42. The topological polar surface area (TPSA) is 12.4 Å². The summed E-state index contributed by atoms with van der Waals surface area (Å²) in [6.07, 6.45) is 0. The van der Waals surface area contributed by atoms with Crippen molar-refractivity contribution in [3.63, 3.8) is 0 Å². The molecule has 0 saturated heterocycles. The molecule has 0 heterocycles. The SMILES string of the molecule is Fc1ccccc1N=P(Cl)(Cl)Cl. The van der Waals surface area contributed by atoms with Gasteiger partial charge in [-0.1, -0.05) is 12.1 Å². The monoisotopic (exact) mass is 245 g/mol. The predicted molar refractivity (Wildman–Crippen MR) is 53.0 cm³/mol. The van der Waals surface area contributed by atoms with Crippen LogP contribution in [-0.2, 0) is 0 Å². The summed E-state index contributed by atoms with van der Waals surface area (Å²) in [6, 6.07) is 5.89. The lowest BCUT2D eigenvalue weighted by molar-refractivity contribution is 0.630. The van der Waals surface area contributed by atoms with Gasteiger partial charge in [0.2, 0.25) is 5.11 Å². The van der Waals surface area contributed by atoms with Gasteiger partial charge >= 0.3 is 0 Å². The fourth-order valence-electron chi connectivity index (χ4n) is 0.655. The first kappa shape index (κ1) is 10.3. The van der Waals surface area contributed by atoms with Gasteiger partial charge in [0.15, 0.2) is 0 Å². The van der Waals surface area contributed by atoms with E-state index in [9.17, 15) is 4.39 Å². The normalized spacial score (nSPS) is 11.3. The molecule has 1 aromatic carbocycles. The van der Waals surface area contributed by atoms with Crippen molar-refractivity contribution in [2.45, 2.75) is 0 Å². The lowest BCUT2D eigenvalue weighted by Crippen LogP contribution is -1.70. The fraction of sp³-hybridized carbons (Fsp3) is 0. The van der Waals surface area contributed by atoms with Crippen LogP contribution in [0.15, 0.2) is 29.0 Å². The van der Waals surface area contributed by atoms with Gasteiger partial charge in [0, 0.05) is 0 Å². The summed E-state index contributed by atoms with van der Waals surface area (Å²) in [4.78, 5) is 0. The molecule has 0 amide bonds. The summed E-state index contributed by atoms with van der Waals surface area (Å²) >= 11 is 16.3. The summed E-state index contributed by atoms with van der Waals surface area (Å²) in [5.41, 5.74) is 0.0887. The molecule has 0 N–H and O–H groups in total. The van der Waals surface area contributed by atoms with Gasteiger partial charge in [0.1, 0.15) is 11.5 Å². The van der Waals surface area contributed by atoms with Crippen molar-refractivity contribution in [2.24, 2.45) is 4.74 Å². The Labute approximate surface area is 83.9 Å². The molecule has 0 bridgehead atoms. The summed E-state index contributed by atoms with van der Waals surface area (Å²) < 4.78 is 16.5. The second-order valence-electron chi connectivity index (χ2n) is 1.97. The van der Waals surface area contributed by atoms with Gasteiger partial charge in [-0.25, -0.2) is 9.14 Å². The Balaban J connectivity index is 3.14. The van der Waals surface area contributed by atoms with Gasteiger partial charge in [0.25, 0.3) is 0 Å². The van der Waals surface area contributed by atoms with E-state index in [-0.39, 0.29) is 5.69 Å². The van der Waals surface area contributed by atoms with E-state index in [2.05, 4.69) is 4.74 Å². The van der Waals surface area contributed by atoms with E-state index >= 15 is 0 Å². The van der Waals surface area contributed by atoms with Gasteiger partial charge in [-0.2, -0.15) is 0 Å². The molecule has 0 unspecified atom stereocenters. The van der Waals surface area contributed by atoms with Crippen molar-refractivity contribution in [1.82, 2.24) is 0 Å². The zero-order chi connectivity index (χ0) is 9.19. The molecule has 12 heavy (non-hydrogen) atoms. The van der Waals surface area contributed by atoms with Gasteiger partial charge in [-0.3, -0.25) is 0 Å². The highest BCUT2D eigenvalue weighted by atomic mass is 36.0. The molecule has 0 aliphatic heterocycles. The number of hydrogen-bond donors (Lipinski definition) is 0. The quantitative estimate of drug-likeness (QED) is 0.610. The van der Waals surface area contributed by atoms with E-state index in [1.165, 1.54) is 12.1 Å². The molecule has 0 aliphatic carbocycles. The van der Waals surface area contributed by atoms with Gasteiger partial charge in [-0.05, 0) is 45.9 Å². The zero-order valence-corrected chi connectivity index (χ0v) is 8.88. The Morgan fingerprint density at radius 2 is 1.75 bits per heavy atom. The molecule has 6 heteroatoms. The third-order valence-electron chi connectivity index (χ3n) is 1.07. The van der Waals surface area contributed by atoms with Crippen molar-refractivity contribution in [1.29, 1.82) is 0 Å². The van der Waals surface area contributed by atoms with Crippen molar-refractivity contribution < 1.29 is 4.39 Å². The number of benzene rings is 1. The average molecular weight is 246 g/mol. The van der Waals surface area contributed by atoms with Crippen LogP contribution in [0, 0.1) is 5.82 Å². The number of nitrogens with zero attached hydrogens (tertiary/aromatic N) is 1. The maximum absolute atomic E-state index is 12.9. The fourth-order valence-corrected chi connectivity index (χ4v) is 1.79. The smallest absolute Gasteiger partial charge is 0.220 e. The molecule has 1 aromatic rings. The molecule has 0 fully saturated rings. The maximum Gasteiger partial charge on any atom is 0.229 e. The molecule has 0 saturated carbocycles. The van der Waals surface area contributed by atoms with Crippen LogP contribution < -0.4 is 0 Å². The Morgan fingerprint density at radius 3 is 2.25 bits per heavy atom. The highest BCUT2D eigenvalue weighted by molar-refractivity contribution is 8.26. The van der Waals surface area contributed by atoms with Crippen molar-refractivity contribution in [3.05, 3.63) is 30.1 Å². The van der Waals surface area contributed by atoms with Gasteiger partial charge in [0.05, 0.1) is 0 Å². The summed E-state index contributed by atoms with van der Waals surface area (Å²) in [5, 5.41) is -2.86. The molecular formula is C6H4Cl3FNP. The summed E-state index contributed by atoms with van der Waals surface area (Å²) in [7, 11) is 0. The molecule has 0 aromatic heterocycles. The Hall–Kier alpha value is 0.250. The van der Waals surface area contributed by atoms with E-state index in [0.717, 1.165) is 0 Å². The van der Waals surface area contributed by atoms with Gasteiger partial charge in [-0.15, -0.1) is 0 Å². The lowest BCUT2D eigenvalue weighted by atomic mass is 10.3. The van der Waals surface area contributed by atoms with E-state index in [0.29, 0.717) is 0 Å². The minimum absolute atomic E-state index is 0.0887. The van der Waals surface area contributed by atoms with Crippen molar-refractivity contribution in [3.8, 4) is 0 Å². The maximum atomic E-state index is 12.9. The number of hydrogen-bond acceptors (Lipinski definition) is 1. The minimum Gasteiger partial charge on any atom is -0.220 e. The summed E-state index contributed by atoms with van der Waals surface area (Å²) in [6.45, 7) is 0. The second kappa shape index (κ2) is 3.97. The van der Waals surface area contributed by atoms with Crippen LogP contribution in [0.25, 0.3) is 0 Å². The molecule has 0 atom stereocenters. The average Bonchev–Trinajstić information content (AvgIpc) is 1.91. The first-order valence-electron chi connectivity index (χ1n) is 2.95. The van der Waals surface area contributed by atoms with Crippen molar-refractivity contribution in [2.75, 3.05) is 0 Å². The molecule has 0 spiro atoms. The number of rotatable bonds is 1. The second-order valence-corrected chi connectivity index (χ2v) is 8.97. The highest BCUT2D eigenvalue weighted by Gasteiger charge is 2.07. The molecule has 1 rings (SSSR count). The first-order chi connectivity index (χ1) is 5.49. The van der Waals surface area contributed by atoms with Crippen LogP contribution >= 0.6 is 38.8 Å². The molecule has 1 nitrogen and oxygen atoms in total. The minimum atomic E-state index is -2.86. The summed E-state index contributed by atoms with van der Waals surface area (Å²) in [5.74, 6) is -0.483. The van der Waals surface area contributed by atoms with Crippen LogP contribution in [0.4, 0.5) is 10.1 Å². The van der Waals surface area contributed by atoms with Crippen molar-refractivity contribution >= 4 is 44.5 Å². The first-order valence-corrected chi connectivity index (χ1v) is 7.40. The third-order valence-corrected chi connectivity index (χ3v) is 2.20. The predicted octanol–water partition coefficient (Wildman–Crippen LogP) is 5.12. The molecular weight excluding hydrogens is 242 g/mol. The van der Waals surface area contributed by atoms with Gasteiger partial charge < -0.3 is 0 Å². The van der Waals surface area contributed by atoms with Crippen LogP contribution in [0.5, 0.6) is 0 Å². The molecule has 0 aliphatic rings. The van der Waals surface area contributed by atoms with Crippen LogP contribution in [-0.4, -0.2) is 0 Å². The van der Waals surface area contributed by atoms with Crippen LogP contribution in [0.1, 0.15) is 0 Å². The highest BCUT2D eigenvalue weighted by Crippen LogP contribution is 2.66. The Morgan fingerprint density at radius 1 is 1.17 bits per heavy atom. The van der Waals surface area contributed by atoms with E-state index in [1.807, 2.05) is 0 Å². The zero-order valence-electron chi connectivity index (χ0n) is 5.72. The van der Waals surface area contributed by atoms with Crippen LogP contribution in [0.2, 0.25) is 0 Å². The lowest BCUT2D eigenvalue weighted by Gasteiger charge is -1.98. The van der Waals surface area contributed by atoms with E-state index in [4.69, 9.17) is 33.7 Å². The third kappa shape index (κ3) is 3.32. The largest absolute Gasteiger partial charge is 0.229 e. The standard InChI is InChI=1S/C6H4Cl3FNP/c7-12(8,9)11-6-4-2-1-3-5(6)10/h1-4H. The molecule has 0 radical (unpaired) electrons.